The van der Waals surface area contributed by atoms with Crippen molar-refractivity contribution in [3.8, 4) is 11.5 Å². The Morgan fingerprint density at radius 2 is 1.63 bits per heavy atom. The fourth-order valence-electron chi connectivity index (χ4n) is 3.49. The van der Waals surface area contributed by atoms with Crippen LogP contribution in [0.15, 0.2) is 12.1 Å². The second-order valence-electron chi connectivity index (χ2n) is 13.6. The Morgan fingerprint density at radius 1 is 1.05 bits per heavy atom. The van der Waals surface area contributed by atoms with Crippen molar-refractivity contribution in [1.82, 2.24) is 10.6 Å². The Hall–Kier alpha value is -2.23. The van der Waals surface area contributed by atoms with E-state index >= 15 is 0 Å². The van der Waals surface area contributed by atoms with Crippen molar-refractivity contribution in [2.75, 3.05) is 25.3 Å². The molecule has 2 amide bonds. The highest BCUT2D eigenvalue weighted by atomic mass is 35.5. The number of amides is 2. The average molecular weight is 675 g/mol. The van der Waals surface area contributed by atoms with Crippen molar-refractivity contribution >= 4 is 63.8 Å². The molecule has 2 N–H and O–H groups in total. The lowest BCUT2D eigenvalue weighted by atomic mass is 10.1. The van der Waals surface area contributed by atoms with Gasteiger partial charge in [-0.15, -0.1) is 11.6 Å². The Balaban J connectivity index is 2.73. The summed E-state index contributed by atoms with van der Waals surface area (Å²) in [7, 11) is -3.48. The van der Waals surface area contributed by atoms with E-state index in [-0.39, 0.29) is 27.1 Å². The maximum absolute atomic E-state index is 13.7. The predicted octanol–water partition coefficient (Wildman–Crippen LogP) is 5.24. The fraction of sp³-hybridized carbons (Fsp3) is 0.655. The number of carbonyl (C=O) groups excluding carboxylic acids is 4. The van der Waals surface area contributed by atoms with Crippen LogP contribution in [-0.4, -0.2) is 77.8 Å². The summed E-state index contributed by atoms with van der Waals surface area (Å²) >= 11 is 6.98. The number of fused-ring (bicyclic) bond motifs is 1. The van der Waals surface area contributed by atoms with Crippen LogP contribution in [0.3, 0.4) is 0 Å². The second-order valence-corrected chi connectivity index (χ2v) is 24.4. The van der Waals surface area contributed by atoms with Crippen LogP contribution in [0, 0.1) is 0 Å². The Labute approximate surface area is 266 Å². The van der Waals surface area contributed by atoms with Gasteiger partial charge in [-0.05, 0) is 42.3 Å². The topological polar surface area (TPSA) is 129 Å². The quantitative estimate of drug-likeness (QED) is 0.227. The van der Waals surface area contributed by atoms with Gasteiger partial charge in [-0.25, -0.2) is 9.59 Å². The number of ether oxygens (including phenoxy) is 2. The molecule has 1 aromatic rings. The molecule has 43 heavy (non-hydrogen) atoms. The van der Waals surface area contributed by atoms with Crippen LogP contribution in [0.2, 0.25) is 36.3 Å². The minimum atomic E-state index is -2.39. The highest BCUT2D eigenvalue weighted by molar-refractivity contribution is 7.98. The molecule has 2 rings (SSSR count). The van der Waals surface area contributed by atoms with Crippen LogP contribution in [0.5, 0.6) is 11.5 Å². The van der Waals surface area contributed by atoms with Crippen molar-refractivity contribution in [3.63, 3.8) is 0 Å². The molecule has 0 fully saturated rings. The molecule has 0 saturated carbocycles. The summed E-state index contributed by atoms with van der Waals surface area (Å²) in [4.78, 5) is 51.4. The van der Waals surface area contributed by atoms with Gasteiger partial charge in [-0.2, -0.15) is 11.8 Å². The zero-order chi connectivity index (χ0) is 33.0. The molecule has 242 valence electrons. The smallest absolute Gasteiger partial charge is 0.338 e. The van der Waals surface area contributed by atoms with E-state index in [2.05, 4.69) is 78.4 Å². The number of nitrogens with one attached hydrogen (secondary N) is 2. The lowest BCUT2D eigenvalue weighted by molar-refractivity contribution is -0.144. The standard InChI is InChI=1S/C29H47ClN2O8SSi2/c1-28(2,3)42(8,9)39-18-12-19-20(23(13-18)40-43(10,11)29(4,5)6)16-41-17-22(27(36)37-7)32-25(34)21(15-38-26(19)35)31-24(33)14-30/h12-13,21-22H,14-17H2,1-11H3,(H,31,33)(H,32,34)/t21-,22-/m0/s1. The normalized spacial score (nSPS) is 19.1. The van der Waals surface area contributed by atoms with Crippen LogP contribution in [-0.2, 0) is 29.6 Å². The minimum absolute atomic E-state index is 0.107. The summed E-state index contributed by atoms with van der Waals surface area (Å²) in [6.07, 6.45) is 0. The number of benzene rings is 1. The molecule has 1 heterocycles. The van der Waals surface area contributed by atoms with Crippen molar-refractivity contribution < 1.29 is 37.5 Å². The van der Waals surface area contributed by atoms with E-state index in [1.165, 1.54) is 18.9 Å². The molecular weight excluding hydrogens is 628 g/mol. The number of hydrogen-bond donors (Lipinski definition) is 2. The number of cyclic esters (lactones) is 1. The van der Waals surface area contributed by atoms with E-state index in [0.717, 1.165) is 0 Å². The SMILES string of the molecule is COC(=O)[C@@H]1CSCc2c(O[Si](C)(C)C(C)(C)C)cc(O[Si](C)(C)C(C)(C)C)cc2C(=O)OC[C@H](NC(=O)CCl)C(=O)N1. The summed E-state index contributed by atoms with van der Waals surface area (Å²) in [5, 5.41) is 4.81. The molecule has 1 aromatic carbocycles. The van der Waals surface area contributed by atoms with Crippen molar-refractivity contribution in [1.29, 1.82) is 0 Å². The first-order valence-electron chi connectivity index (χ1n) is 14.2. The lowest BCUT2D eigenvalue weighted by Gasteiger charge is -2.39. The largest absolute Gasteiger partial charge is 0.543 e. The number of alkyl halides is 1. The second kappa shape index (κ2) is 14.3. The van der Waals surface area contributed by atoms with E-state index in [1.54, 1.807) is 6.07 Å². The van der Waals surface area contributed by atoms with E-state index < -0.39 is 65.0 Å². The summed E-state index contributed by atoms with van der Waals surface area (Å²) in [6, 6.07) is 1.21. The molecule has 2 atom stereocenters. The van der Waals surface area contributed by atoms with Gasteiger partial charge in [-0.1, -0.05) is 41.5 Å². The first-order chi connectivity index (χ1) is 19.6. The number of esters is 2. The van der Waals surface area contributed by atoms with Gasteiger partial charge in [0, 0.05) is 23.1 Å². The first-order valence-corrected chi connectivity index (χ1v) is 21.7. The molecule has 0 aromatic heterocycles. The predicted molar refractivity (Wildman–Crippen MR) is 175 cm³/mol. The maximum Gasteiger partial charge on any atom is 0.338 e. The molecule has 0 bridgehead atoms. The molecule has 1 aliphatic heterocycles. The average Bonchev–Trinajstić information content (AvgIpc) is 2.87. The Morgan fingerprint density at radius 3 is 2.16 bits per heavy atom. The van der Waals surface area contributed by atoms with E-state index in [1.807, 2.05) is 6.07 Å². The zero-order valence-corrected chi connectivity index (χ0v) is 30.8. The van der Waals surface area contributed by atoms with Gasteiger partial charge < -0.3 is 29.0 Å². The van der Waals surface area contributed by atoms with E-state index in [9.17, 15) is 19.2 Å². The van der Waals surface area contributed by atoms with Gasteiger partial charge in [0.15, 0.2) is 0 Å². The number of hydrogen-bond acceptors (Lipinski definition) is 9. The van der Waals surface area contributed by atoms with Crippen molar-refractivity contribution in [2.45, 2.75) is 95.6 Å². The van der Waals surface area contributed by atoms with Crippen LogP contribution in [0.25, 0.3) is 0 Å². The fourth-order valence-corrected chi connectivity index (χ4v) is 6.69. The van der Waals surface area contributed by atoms with Gasteiger partial charge in [-0.3, -0.25) is 9.59 Å². The molecule has 1 aliphatic rings. The number of halogens is 1. The van der Waals surface area contributed by atoms with Crippen LogP contribution < -0.4 is 19.5 Å². The van der Waals surface area contributed by atoms with Crippen molar-refractivity contribution in [2.24, 2.45) is 0 Å². The zero-order valence-electron chi connectivity index (χ0n) is 27.2. The van der Waals surface area contributed by atoms with Crippen LogP contribution in [0.1, 0.15) is 57.5 Å². The monoisotopic (exact) mass is 674 g/mol. The lowest BCUT2D eigenvalue weighted by Crippen LogP contribution is -2.54. The molecule has 0 radical (unpaired) electrons. The summed E-state index contributed by atoms with van der Waals surface area (Å²) in [5.41, 5.74) is 0.828. The summed E-state index contributed by atoms with van der Waals surface area (Å²) < 4.78 is 24.0. The molecule has 14 heteroatoms. The van der Waals surface area contributed by atoms with Gasteiger partial charge in [0.25, 0.3) is 0 Å². The minimum Gasteiger partial charge on any atom is -0.543 e. The van der Waals surface area contributed by atoms with Crippen LogP contribution in [0.4, 0.5) is 0 Å². The third kappa shape index (κ3) is 9.63. The molecular formula is C29H47ClN2O8SSi2. The van der Waals surface area contributed by atoms with E-state index in [4.69, 9.17) is 29.9 Å². The highest BCUT2D eigenvalue weighted by Crippen LogP contribution is 2.43. The molecule has 0 unspecified atom stereocenters. The van der Waals surface area contributed by atoms with Gasteiger partial charge in [0.05, 0.1) is 12.7 Å². The third-order valence-corrected chi connectivity index (χ3v) is 18.2. The van der Waals surface area contributed by atoms with Crippen molar-refractivity contribution in [3.05, 3.63) is 23.3 Å². The Kier molecular flexibility index (Phi) is 12.3. The first kappa shape index (κ1) is 37.0. The van der Waals surface area contributed by atoms with E-state index in [0.29, 0.717) is 17.1 Å². The molecule has 0 saturated heterocycles. The van der Waals surface area contributed by atoms with Crippen LogP contribution >= 0.6 is 23.4 Å². The Bertz CT molecular complexity index is 1210. The molecule has 0 aliphatic carbocycles. The maximum atomic E-state index is 13.7. The summed E-state index contributed by atoms with van der Waals surface area (Å²) in [5.74, 6) is -1.65. The molecule has 10 nitrogen and oxygen atoms in total. The number of thioether (sulfide) groups is 1. The molecule has 0 spiro atoms. The highest BCUT2D eigenvalue weighted by Gasteiger charge is 2.42. The van der Waals surface area contributed by atoms with Gasteiger partial charge >= 0.3 is 11.9 Å². The van der Waals surface area contributed by atoms with Gasteiger partial charge in [0.1, 0.15) is 36.1 Å². The van der Waals surface area contributed by atoms with Gasteiger partial charge in [0.2, 0.25) is 28.4 Å². The number of carbonyl (C=O) groups is 4. The third-order valence-electron chi connectivity index (χ3n) is 8.24. The number of rotatable bonds is 7. The number of methoxy groups -OCH3 is 1. The summed E-state index contributed by atoms with van der Waals surface area (Å²) in [6.45, 7) is 20.8.